The number of benzene rings is 3. The number of hydrogen-bond donors (Lipinski definition) is 1. The predicted octanol–water partition coefficient (Wildman–Crippen LogP) is 4.62. The summed E-state index contributed by atoms with van der Waals surface area (Å²) in [7, 11) is 1.30. The molecule has 3 aromatic carbocycles. The number of carbonyl (C=O) groups excluding carboxylic acids is 2. The summed E-state index contributed by atoms with van der Waals surface area (Å²) in [5.41, 5.74) is 2.68. The molecule has 128 valence electrons. The van der Waals surface area contributed by atoms with Crippen molar-refractivity contribution in [2.24, 2.45) is 0 Å². The number of furan rings is 1. The molecule has 0 atom stereocenters. The summed E-state index contributed by atoms with van der Waals surface area (Å²) >= 11 is 0. The van der Waals surface area contributed by atoms with Crippen LogP contribution in [0.3, 0.4) is 0 Å². The van der Waals surface area contributed by atoms with Crippen LogP contribution in [0.2, 0.25) is 0 Å². The van der Waals surface area contributed by atoms with Crippen molar-refractivity contribution >= 4 is 39.5 Å². The summed E-state index contributed by atoms with van der Waals surface area (Å²) in [4.78, 5) is 24.5. The summed E-state index contributed by atoms with van der Waals surface area (Å²) in [6, 6.07) is 19.7. The van der Waals surface area contributed by atoms with E-state index in [4.69, 9.17) is 9.15 Å². The first kappa shape index (κ1) is 15.9. The zero-order valence-electron chi connectivity index (χ0n) is 14.0. The Balaban J connectivity index is 1.71. The summed E-state index contributed by atoms with van der Waals surface area (Å²) in [6.45, 7) is 0. The number of anilines is 1. The number of esters is 1. The standard InChI is InChI=1S/C21H15NO4/c1-25-21(24)15-7-2-4-8-17(15)22-20(23)13-10-11-19-16(12-13)14-6-3-5-9-18(14)26-19/h2-12H,1H3,(H,22,23). The SMILES string of the molecule is COC(=O)c1ccccc1NC(=O)c1ccc2oc3ccccc3c2c1. The Hall–Kier alpha value is -3.60. The van der Waals surface area contributed by atoms with Crippen LogP contribution in [-0.2, 0) is 4.74 Å². The maximum atomic E-state index is 12.7. The highest BCUT2D eigenvalue weighted by molar-refractivity contribution is 6.12. The topological polar surface area (TPSA) is 68.5 Å². The van der Waals surface area contributed by atoms with E-state index in [1.54, 1.807) is 42.5 Å². The third kappa shape index (κ3) is 2.69. The minimum Gasteiger partial charge on any atom is -0.465 e. The molecule has 1 heterocycles. The van der Waals surface area contributed by atoms with Crippen molar-refractivity contribution in [1.29, 1.82) is 0 Å². The van der Waals surface area contributed by atoms with Gasteiger partial charge in [-0.25, -0.2) is 4.79 Å². The van der Waals surface area contributed by atoms with E-state index in [2.05, 4.69) is 5.32 Å². The second kappa shape index (κ2) is 6.37. The van der Waals surface area contributed by atoms with Crippen LogP contribution >= 0.6 is 0 Å². The van der Waals surface area contributed by atoms with Gasteiger partial charge in [-0.15, -0.1) is 0 Å². The number of methoxy groups -OCH3 is 1. The molecule has 0 radical (unpaired) electrons. The fourth-order valence-corrected chi connectivity index (χ4v) is 2.94. The van der Waals surface area contributed by atoms with Crippen LogP contribution in [-0.4, -0.2) is 19.0 Å². The Labute approximate surface area is 149 Å². The van der Waals surface area contributed by atoms with Crippen molar-refractivity contribution in [3.05, 3.63) is 77.9 Å². The lowest BCUT2D eigenvalue weighted by Crippen LogP contribution is -2.15. The molecule has 0 aliphatic carbocycles. The predicted molar refractivity (Wildman–Crippen MR) is 99.5 cm³/mol. The van der Waals surface area contributed by atoms with Gasteiger partial charge in [-0.1, -0.05) is 30.3 Å². The maximum absolute atomic E-state index is 12.7. The van der Waals surface area contributed by atoms with Crippen LogP contribution in [0.15, 0.2) is 71.1 Å². The summed E-state index contributed by atoms with van der Waals surface area (Å²) in [5, 5.41) is 4.60. The Kier molecular flexibility index (Phi) is 3.89. The average molecular weight is 345 g/mol. The molecule has 5 nitrogen and oxygen atoms in total. The van der Waals surface area contributed by atoms with Gasteiger partial charge < -0.3 is 14.5 Å². The van der Waals surface area contributed by atoms with Crippen LogP contribution in [0.5, 0.6) is 0 Å². The Morgan fingerprint density at radius 3 is 2.46 bits per heavy atom. The number of nitrogens with one attached hydrogen (secondary N) is 1. The smallest absolute Gasteiger partial charge is 0.339 e. The van der Waals surface area contributed by atoms with Crippen molar-refractivity contribution in [2.75, 3.05) is 12.4 Å². The number of rotatable bonds is 3. The molecular weight excluding hydrogens is 330 g/mol. The summed E-state index contributed by atoms with van der Waals surface area (Å²) < 4.78 is 10.5. The van der Waals surface area contributed by atoms with Crippen molar-refractivity contribution < 1.29 is 18.7 Å². The number of carbonyl (C=O) groups is 2. The van der Waals surface area contributed by atoms with Gasteiger partial charge in [-0.3, -0.25) is 4.79 Å². The lowest BCUT2D eigenvalue weighted by atomic mass is 10.1. The molecule has 0 fully saturated rings. The number of hydrogen-bond acceptors (Lipinski definition) is 4. The minimum absolute atomic E-state index is 0.304. The van der Waals surface area contributed by atoms with E-state index in [0.717, 1.165) is 21.9 Å². The van der Waals surface area contributed by atoms with Crippen LogP contribution < -0.4 is 5.32 Å². The van der Waals surface area contributed by atoms with Crippen molar-refractivity contribution in [3.8, 4) is 0 Å². The molecule has 0 bridgehead atoms. The highest BCUT2D eigenvalue weighted by atomic mass is 16.5. The molecule has 0 spiro atoms. The normalized spacial score (nSPS) is 10.8. The van der Waals surface area contributed by atoms with Gasteiger partial charge in [-0.05, 0) is 36.4 Å². The van der Waals surface area contributed by atoms with Crippen molar-refractivity contribution in [2.45, 2.75) is 0 Å². The molecule has 0 saturated heterocycles. The molecule has 0 aliphatic heterocycles. The summed E-state index contributed by atoms with van der Waals surface area (Å²) in [6.07, 6.45) is 0. The first-order valence-electron chi connectivity index (χ1n) is 8.07. The van der Waals surface area contributed by atoms with E-state index in [1.807, 2.05) is 24.3 Å². The van der Waals surface area contributed by atoms with Gasteiger partial charge in [0.05, 0.1) is 18.4 Å². The average Bonchev–Trinajstić information content (AvgIpc) is 3.05. The van der Waals surface area contributed by atoms with E-state index in [0.29, 0.717) is 16.8 Å². The maximum Gasteiger partial charge on any atom is 0.339 e. The highest BCUT2D eigenvalue weighted by Gasteiger charge is 2.15. The van der Waals surface area contributed by atoms with E-state index < -0.39 is 5.97 Å². The number of fused-ring (bicyclic) bond motifs is 3. The molecule has 0 aliphatic rings. The first-order chi connectivity index (χ1) is 12.7. The van der Waals surface area contributed by atoms with Gasteiger partial charge in [0.25, 0.3) is 5.91 Å². The number of amides is 1. The number of para-hydroxylation sites is 2. The molecule has 1 N–H and O–H groups in total. The third-order valence-corrected chi connectivity index (χ3v) is 4.22. The van der Waals surface area contributed by atoms with Gasteiger partial charge in [0, 0.05) is 16.3 Å². The van der Waals surface area contributed by atoms with Crippen LogP contribution in [0.4, 0.5) is 5.69 Å². The van der Waals surface area contributed by atoms with Gasteiger partial charge in [0.15, 0.2) is 0 Å². The lowest BCUT2D eigenvalue weighted by molar-refractivity contribution is 0.0602. The van der Waals surface area contributed by atoms with Crippen molar-refractivity contribution in [3.63, 3.8) is 0 Å². The molecule has 0 saturated carbocycles. The Morgan fingerprint density at radius 2 is 1.62 bits per heavy atom. The van der Waals surface area contributed by atoms with Gasteiger partial charge in [-0.2, -0.15) is 0 Å². The zero-order chi connectivity index (χ0) is 18.1. The Bertz CT molecular complexity index is 1140. The highest BCUT2D eigenvalue weighted by Crippen LogP contribution is 2.29. The summed E-state index contributed by atoms with van der Waals surface area (Å²) in [5.74, 6) is -0.814. The lowest BCUT2D eigenvalue weighted by Gasteiger charge is -2.09. The van der Waals surface area contributed by atoms with E-state index in [1.165, 1.54) is 7.11 Å². The minimum atomic E-state index is -0.503. The third-order valence-electron chi connectivity index (χ3n) is 4.22. The second-order valence-electron chi connectivity index (χ2n) is 5.80. The Morgan fingerprint density at radius 1 is 0.885 bits per heavy atom. The first-order valence-corrected chi connectivity index (χ1v) is 8.07. The monoisotopic (exact) mass is 345 g/mol. The van der Waals surface area contributed by atoms with E-state index >= 15 is 0 Å². The van der Waals surface area contributed by atoms with Crippen LogP contribution in [0.1, 0.15) is 20.7 Å². The van der Waals surface area contributed by atoms with Crippen LogP contribution in [0.25, 0.3) is 21.9 Å². The van der Waals surface area contributed by atoms with Crippen LogP contribution in [0, 0.1) is 0 Å². The molecule has 4 rings (SSSR count). The van der Waals surface area contributed by atoms with E-state index in [9.17, 15) is 9.59 Å². The molecule has 4 aromatic rings. The molecule has 5 heteroatoms. The number of ether oxygens (including phenoxy) is 1. The fraction of sp³-hybridized carbons (Fsp3) is 0.0476. The second-order valence-corrected chi connectivity index (χ2v) is 5.80. The van der Waals surface area contributed by atoms with Gasteiger partial charge in [0.1, 0.15) is 11.2 Å². The molecular formula is C21H15NO4. The molecule has 1 amide bonds. The molecule has 26 heavy (non-hydrogen) atoms. The van der Waals surface area contributed by atoms with E-state index in [-0.39, 0.29) is 5.91 Å². The quantitative estimate of drug-likeness (QED) is 0.550. The largest absolute Gasteiger partial charge is 0.465 e. The molecule has 0 unspecified atom stereocenters. The van der Waals surface area contributed by atoms with Gasteiger partial charge >= 0.3 is 5.97 Å². The molecule has 1 aromatic heterocycles. The zero-order valence-corrected chi connectivity index (χ0v) is 14.0. The van der Waals surface area contributed by atoms with Crippen molar-refractivity contribution in [1.82, 2.24) is 0 Å². The van der Waals surface area contributed by atoms with Gasteiger partial charge in [0.2, 0.25) is 0 Å². The fourth-order valence-electron chi connectivity index (χ4n) is 2.94.